The molecule has 6 unspecified atom stereocenters. The van der Waals surface area contributed by atoms with Crippen molar-refractivity contribution < 1.29 is 39.3 Å². The molecule has 0 saturated carbocycles. The quantitative estimate of drug-likeness (QED) is 0.153. The molecule has 4 amide bonds. The van der Waals surface area contributed by atoms with Crippen molar-refractivity contribution >= 4 is 29.6 Å². The van der Waals surface area contributed by atoms with Crippen LogP contribution in [0.3, 0.4) is 0 Å². The van der Waals surface area contributed by atoms with E-state index >= 15 is 0 Å². The van der Waals surface area contributed by atoms with Gasteiger partial charge in [-0.05, 0) is 27.2 Å². The number of carboxylic acid groups (broad SMARTS) is 1. The van der Waals surface area contributed by atoms with E-state index in [0.29, 0.717) is 0 Å². The summed E-state index contributed by atoms with van der Waals surface area (Å²) >= 11 is 0. The van der Waals surface area contributed by atoms with E-state index in [-0.39, 0.29) is 12.8 Å². The third-order valence-corrected chi connectivity index (χ3v) is 3.93. The van der Waals surface area contributed by atoms with Crippen molar-refractivity contribution in [1.82, 2.24) is 16.0 Å². The van der Waals surface area contributed by atoms with E-state index in [2.05, 4.69) is 16.0 Å². The van der Waals surface area contributed by atoms with Crippen molar-refractivity contribution in [2.75, 3.05) is 0 Å². The van der Waals surface area contributed by atoms with Crippen molar-refractivity contribution in [3.05, 3.63) is 0 Å². The molecule has 166 valence electrons. The zero-order chi connectivity index (χ0) is 22.9. The van der Waals surface area contributed by atoms with Crippen LogP contribution < -0.4 is 27.4 Å². The summed E-state index contributed by atoms with van der Waals surface area (Å²) in [5, 5.41) is 34.7. The van der Waals surface area contributed by atoms with Crippen LogP contribution in [0.1, 0.15) is 33.6 Å². The normalized spacial score (nSPS) is 17.0. The Hall–Kier alpha value is -2.77. The molecule has 0 fully saturated rings. The van der Waals surface area contributed by atoms with Gasteiger partial charge in [0.1, 0.15) is 24.2 Å². The molecule has 0 aliphatic heterocycles. The fourth-order valence-electron chi connectivity index (χ4n) is 2.08. The van der Waals surface area contributed by atoms with Gasteiger partial charge in [-0.25, -0.2) is 4.79 Å². The second-order valence-electron chi connectivity index (χ2n) is 6.63. The molecule has 0 aliphatic carbocycles. The Morgan fingerprint density at radius 1 is 0.862 bits per heavy atom. The minimum absolute atomic E-state index is 0.235. The fraction of sp³-hybridized carbons (Fsp3) is 0.688. The minimum Gasteiger partial charge on any atom is -0.480 e. The molecule has 0 aromatic heterocycles. The van der Waals surface area contributed by atoms with Crippen molar-refractivity contribution in [3.63, 3.8) is 0 Å². The third-order valence-electron chi connectivity index (χ3n) is 3.93. The van der Waals surface area contributed by atoms with Crippen LogP contribution in [-0.4, -0.2) is 81.3 Å². The molecule has 0 bridgehead atoms. The summed E-state index contributed by atoms with van der Waals surface area (Å²) in [5.41, 5.74) is 10.4. The first kappa shape index (κ1) is 26.2. The minimum atomic E-state index is -1.48. The van der Waals surface area contributed by atoms with Crippen molar-refractivity contribution in [3.8, 4) is 0 Å². The van der Waals surface area contributed by atoms with Crippen LogP contribution in [0.15, 0.2) is 0 Å². The Bertz CT molecular complexity index is 624. The van der Waals surface area contributed by atoms with Gasteiger partial charge in [0.25, 0.3) is 0 Å². The Morgan fingerprint density at radius 3 is 1.83 bits per heavy atom. The Morgan fingerprint density at radius 2 is 1.41 bits per heavy atom. The van der Waals surface area contributed by atoms with Gasteiger partial charge in [-0.15, -0.1) is 0 Å². The number of aliphatic hydroxyl groups excluding tert-OH is 2. The van der Waals surface area contributed by atoms with Crippen LogP contribution in [0.2, 0.25) is 0 Å². The second-order valence-corrected chi connectivity index (χ2v) is 6.63. The first-order valence-electron chi connectivity index (χ1n) is 8.81. The maximum atomic E-state index is 12.3. The van der Waals surface area contributed by atoms with Gasteiger partial charge in [-0.2, -0.15) is 0 Å². The third kappa shape index (κ3) is 9.32. The number of amides is 4. The lowest BCUT2D eigenvalue weighted by atomic mass is 10.1. The molecule has 10 N–H and O–H groups in total. The average molecular weight is 419 g/mol. The van der Waals surface area contributed by atoms with E-state index < -0.39 is 66.0 Å². The lowest BCUT2D eigenvalue weighted by molar-refractivity contribution is -0.142. The van der Waals surface area contributed by atoms with Gasteiger partial charge in [0, 0.05) is 6.42 Å². The fourth-order valence-corrected chi connectivity index (χ4v) is 2.08. The van der Waals surface area contributed by atoms with Gasteiger partial charge >= 0.3 is 5.97 Å². The lowest BCUT2D eigenvalue weighted by Gasteiger charge is -2.25. The molecular weight excluding hydrogens is 390 g/mol. The van der Waals surface area contributed by atoms with Gasteiger partial charge in [0.05, 0.1) is 12.2 Å². The van der Waals surface area contributed by atoms with Crippen LogP contribution in [-0.2, 0) is 24.0 Å². The molecule has 0 saturated heterocycles. The average Bonchev–Trinajstić information content (AvgIpc) is 2.60. The van der Waals surface area contributed by atoms with Gasteiger partial charge in [-0.1, -0.05) is 0 Å². The number of aliphatic hydroxyl groups is 2. The molecule has 0 aromatic rings. The van der Waals surface area contributed by atoms with Crippen LogP contribution in [0.4, 0.5) is 0 Å². The number of primary amides is 1. The predicted octanol–water partition coefficient (Wildman–Crippen LogP) is -4.10. The number of carbonyl (C=O) groups excluding carboxylic acids is 4. The molecule has 29 heavy (non-hydrogen) atoms. The summed E-state index contributed by atoms with van der Waals surface area (Å²) in [7, 11) is 0. The highest BCUT2D eigenvalue weighted by molar-refractivity contribution is 5.94. The number of aliphatic carboxylic acids is 1. The molecule has 0 aromatic carbocycles. The SMILES string of the molecule is CC(NC(=O)C(NC(=O)C(N)C(C)O)C(C)O)C(=O)NC(CCC(N)=O)C(=O)O. The van der Waals surface area contributed by atoms with Crippen LogP contribution in [0.25, 0.3) is 0 Å². The zero-order valence-electron chi connectivity index (χ0n) is 16.4. The van der Waals surface area contributed by atoms with Crippen LogP contribution in [0, 0.1) is 0 Å². The van der Waals surface area contributed by atoms with Crippen LogP contribution in [0.5, 0.6) is 0 Å². The number of carbonyl (C=O) groups is 5. The maximum Gasteiger partial charge on any atom is 0.326 e. The lowest BCUT2D eigenvalue weighted by Crippen LogP contribution is -2.60. The number of hydrogen-bond donors (Lipinski definition) is 8. The summed E-state index contributed by atoms with van der Waals surface area (Å²) in [6.07, 6.45) is -3.07. The maximum absolute atomic E-state index is 12.3. The molecule has 13 heteroatoms. The smallest absolute Gasteiger partial charge is 0.326 e. The molecule has 0 aliphatic rings. The summed E-state index contributed by atoms with van der Waals surface area (Å²) in [6.45, 7) is 3.74. The van der Waals surface area contributed by atoms with E-state index in [1.165, 1.54) is 20.8 Å². The molecule has 0 rings (SSSR count). The van der Waals surface area contributed by atoms with E-state index in [1.54, 1.807) is 0 Å². The second kappa shape index (κ2) is 11.9. The van der Waals surface area contributed by atoms with Crippen molar-refractivity contribution in [2.45, 2.75) is 70.0 Å². The summed E-state index contributed by atoms with van der Waals surface area (Å²) in [6, 6.07) is -5.45. The first-order valence-corrected chi connectivity index (χ1v) is 8.81. The molecule has 6 atom stereocenters. The van der Waals surface area contributed by atoms with Gasteiger partial charge in [-0.3, -0.25) is 19.2 Å². The van der Waals surface area contributed by atoms with Gasteiger partial charge in [0.15, 0.2) is 0 Å². The Kier molecular flexibility index (Phi) is 10.8. The highest BCUT2D eigenvalue weighted by Gasteiger charge is 2.31. The first-order chi connectivity index (χ1) is 13.3. The molecule has 0 spiro atoms. The van der Waals surface area contributed by atoms with E-state index in [4.69, 9.17) is 16.6 Å². The van der Waals surface area contributed by atoms with E-state index in [9.17, 15) is 34.2 Å². The number of nitrogens with one attached hydrogen (secondary N) is 3. The monoisotopic (exact) mass is 419 g/mol. The van der Waals surface area contributed by atoms with Crippen LogP contribution >= 0.6 is 0 Å². The van der Waals surface area contributed by atoms with Gasteiger partial charge < -0.3 is 42.7 Å². The van der Waals surface area contributed by atoms with E-state index in [0.717, 1.165) is 0 Å². The van der Waals surface area contributed by atoms with Crippen molar-refractivity contribution in [2.24, 2.45) is 11.5 Å². The zero-order valence-corrected chi connectivity index (χ0v) is 16.4. The molecule has 0 radical (unpaired) electrons. The largest absolute Gasteiger partial charge is 0.480 e. The standard InChI is InChI=1S/C16H29N5O8/c1-6(13(25)20-9(16(28)29)4-5-10(17)24)19-15(27)12(8(3)23)21-14(26)11(18)7(2)22/h6-9,11-12,22-23H,4-5,18H2,1-3H3,(H2,17,24)(H,19,27)(H,20,25)(H,21,26)(H,28,29). The Labute approximate surface area is 167 Å². The Balaban J connectivity index is 4.99. The number of carboxylic acids is 1. The number of hydrogen-bond acceptors (Lipinski definition) is 8. The topological polar surface area (TPSA) is 234 Å². The molecular formula is C16H29N5O8. The highest BCUT2D eigenvalue weighted by atomic mass is 16.4. The summed E-state index contributed by atoms with van der Waals surface area (Å²) < 4.78 is 0. The number of nitrogens with two attached hydrogens (primary N) is 2. The van der Waals surface area contributed by atoms with Crippen molar-refractivity contribution in [1.29, 1.82) is 0 Å². The summed E-state index contributed by atoms with van der Waals surface area (Å²) in [4.78, 5) is 58.3. The predicted molar refractivity (Wildman–Crippen MR) is 98.9 cm³/mol. The highest BCUT2D eigenvalue weighted by Crippen LogP contribution is 2.01. The van der Waals surface area contributed by atoms with Gasteiger partial charge in [0.2, 0.25) is 23.6 Å². The van der Waals surface area contributed by atoms with E-state index in [1.807, 2.05) is 0 Å². The molecule has 0 heterocycles. The summed E-state index contributed by atoms with van der Waals surface area (Å²) in [5.74, 6) is -4.82. The molecule has 13 nitrogen and oxygen atoms in total. The number of rotatable bonds is 12.